The second-order valence-corrected chi connectivity index (χ2v) is 8.82. The molecule has 3 aliphatic heterocycles. The molecule has 33 heavy (non-hydrogen) atoms. The number of nitrogens with one attached hydrogen (secondary N) is 1. The highest BCUT2D eigenvalue weighted by Gasteiger charge is 2.26. The van der Waals surface area contributed by atoms with Crippen LogP contribution in [-0.4, -0.2) is 78.2 Å². The van der Waals surface area contributed by atoms with Crippen molar-refractivity contribution in [3.63, 3.8) is 0 Å². The summed E-state index contributed by atoms with van der Waals surface area (Å²) >= 11 is 0. The largest absolute Gasteiger partial charge is 0.478 e. The molecule has 2 aromatic rings. The van der Waals surface area contributed by atoms with E-state index in [4.69, 9.17) is 15.1 Å². The molecule has 1 aromatic carbocycles. The summed E-state index contributed by atoms with van der Waals surface area (Å²) in [5, 5.41) is 22.0. The fourth-order valence-electron chi connectivity index (χ4n) is 4.38. The summed E-state index contributed by atoms with van der Waals surface area (Å²) in [5.74, 6) is 1.82. The number of carboxylic acids is 1. The Kier molecular flexibility index (Phi) is 7.61. The monoisotopic (exact) mass is 454 g/mol. The minimum Gasteiger partial charge on any atom is -0.478 e. The Morgan fingerprint density at radius 2 is 1.55 bits per heavy atom. The van der Waals surface area contributed by atoms with E-state index in [0.717, 1.165) is 62.4 Å². The van der Waals surface area contributed by atoms with E-state index >= 15 is 0 Å². The first-order valence-electron chi connectivity index (χ1n) is 11.9. The van der Waals surface area contributed by atoms with E-state index < -0.39 is 12.2 Å². The van der Waals surface area contributed by atoms with E-state index in [9.17, 15) is 9.90 Å². The van der Waals surface area contributed by atoms with E-state index in [0.29, 0.717) is 12.1 Å². The quantitative estimate of drug-likeness (QED) is 0.640. The Bertz CT molecular complexity index is 892. The lowest BCUT2D eigenvalue weighted by molar-refractivity contribution is 0.0697. The molecule has 0 aliphatic carbocycles. The van der Waals surface area contributed by atoms with Crippen molar-refractivity contribution in [1.29, 1.82) is 0 Å². The van der Waals surface area contributed by atoms with Crippen LogP contribution in [0, 0.1) is 6.92 Å². The van der Waals surface area contributed by atoms with Gasteiger partial charge in [-0.15, -0.1) is 0 Å². The molecule has 1 aromatic heterocycles. The number of aliphatic hydroxyl groups is 1. The van der Waals surface area contributed by atoms with Gasteiger partial charge in [-0.3, -0.25) is 0 Å². The lowest BCUT2D eigenvalue weighted by Crippen LogP contribution is -2.51. The van der Waals surface area contributed by atoms with Crippen molar-refractivity contribution in [3.05, 3.63) is 41.5 Å². The highest BCUT2D eigenvalue weighted by molar-refractivity contribution is 5.87. The number of piperazine rings is 1. The molecule has 1 unspecified atom stereocenters. The predicted octanol–water partition coefficient (Wildman–Crippen LogP) is 2.10. The topological polar surface area (TPSA) is 105 Å². The molecule has 0 amide bonds. The number of nitrogens with zero attached hydrogens (tertiary/aromatic N) is 5. The van der Waals surface area contributed by atoms with Crippen molar-refractivity contribution in [2.75, 3.05) is 60.5 Å². The van der Waals surface area contributed by atoms with Crippen molar-refractivity contribution in [1.82, 2.24) is 15.3 Å². The average Bonchev–Trinajstić information content (AvgIpc) is 3.55. The molecule has 9 heteroatoms. The first kappa shape index (κ1) is 23.3. The molecule has 5 rings (SSSR count). The Morgan fingerprint density at radius 1 is 0.939 bits per heavy atom. The van der Waals surface area contributed by atoms with Crippen LogP contribution in [0.25, 0.3) is 0 Å². The van der Waals surface area contributed by atoms with Crippen LogP contribution in [0.15, 0.2) is 30.3 Å². The van der Waals surface area contributed by atoms with Gasteiger partial charge in [0, 0.05) is 51.9 Å². The maximum absolute atomic E-state index is 10.3. The maximum Gasteiger partial charge on any atom is 0.335 e. The molecule has 3 aliphatic rings. The van der Waals surface area contributed by atoms with E-state index in [-0.39, 0.29) is 0 Å². The van der Waals surface area contributed by atoms with Gasteiger partial charge >= 0.3 is 5.97 Å². The van der Waals surface area contributed by atoms with E-state index in [1.54, 1.807) is 24.3 Å². The summed E-state index contributed by atoms with van der Waals surface area (Å²) in [6, 6.07) is 8.81. The number of carbonyl (C=O) groups is 1. The minimum atomic E-state index is -0.875. The van der Waals surface area contributed by atoms with Gasteiger partial charge in [-0.2, -0.15) is 9.97 Å². The molecule has 0 spiro atoms. The van der Waals surface area contributed by atoms with E-state index in [1.165, 1.54) is 25.7 Å². The summed E-state index contributed by atoms with van der Waals surface area (Å²) in [4.78, 5) is 26.6. The molecule has 178 valence electrons. The van der Waals surface area contributed by atoms with Crippen molar-refractivity contribution in [2.45, 2.75) is 38.8 Å². The first-order valence-corrected chi connectivity index (χ1v) is 11.9. The number of aliphatic hydroxyl groups excluding tert-OH is 1. The number of anilines is 3. The Balaban J connectivity index is 0.000000219. The van der Waals surface area contributed by atoms with Crippen molar-refractivity contribution in [3.8, 4) is 0 Å². The highest BCUT2D eigenvalue weighted by atomic mass is 16.4. The van der Waals surface area contributed by atoms with Crippen LogP contribution in [0.1, 0.15) is 41.6 Å². The van der Waals surface area contributed by atoms with Crippen LogP contribution >= 0.6 is 0 Å². The molecule has 3 fully saturated rings. The van der Waals surface area contributed by atoms with Crippen LogP contribution < -0.4 is 20.0 Å². The van der Waals surface area contributed by atoms with Gasteiger partial charge in [0.25, 0.3) is 0 Å². The third-order valence-electron chi connectivity index (χ3n) is 6.32. The summed E-state index contributed by atoms with van der Waals surface area (Å²) in [6.45, 7) is 8.37. The summed E-state index contributed by atoms with van der Waals surface area (Å²) in [6.07, 6.45) is 4.37. The molecule has 3 saturated heterocycles. The number of aromatic carboxylic acids is 1. The number of β-amino-alcohol motifs (C(OH)–C–C–N with tert-alkyl or cyclic N) is 1. The Labute approximate surface area is 195 Å². The average molecular weight is 455 g/mol. The van der Waals surface area contributed by atoms with Crippen molar-refractivity contribution in [2.24, 2.45) is 0 Å². The third-order valence-corrected chi connectivity index (χ3v) is 6.32. The maximum atomic E-state index is 10.3. The fourth-order valence-corrected chi connectivity index (χ4v) is 4.38. The van der Waals surface area contributed by atoms with Crippen LogP contribution in [0.2, 0.25) is 0 Å². The lowest BCUT2D eigenvalue weighted by Gasteiger charge is -2.34. The summed E-state index contributed by atoms with van der Waals surface area (Å²) in [5.41, 5.74) is 1.41. The highest BCUT2D eigenvalue weighted by Crippen LogP contribution is 2.28. The zero-order chi connectivity index (χ0) is 23.2. The molecule has 0 saturated carbocycles. The van der Waals surface area contributed by atoms with E-state index in [1.807, 2.05) is 11.8 Å². The van der Waals surface area contributed by atoms with Crippen molar-refractivity contribution >= 4 is 23.6 Å². The molecular weight excluding hydrogens is 420 g/mol. The number of aryl methyl sites for hydroxylation is 1. The van der Waals surface area contributed by atoms with Gasteiger partial charge < -0.3 is 30.2 Å². The SMILES string of the molecule is Cc1ccc(C(=O)O)cc1.OC1CNCCN1c1cc(N2CCCC2)nc(N2CCCC2)n1. The van der Waals surface area contributed by atoms with E-state index in [2.05, 4.69) is 21.2 Å². The van der Waals surface area contributed by atoms with Crippen molar-refractivity contribution < 1.29 is 15.0 Å². The van der Waals surface area contributed by atoms with Crippen LogP contribution in [0.3, 0.4) is 0 Å². The van der Waals surface area contributed by atoms with Gasteiger partial charge in [-0.05, 0) is 44.7 Å². The lowest BCUT2D eigenvalue weighted by atomic mass is 10.2. The smallest absolute Gasteiger partial charge is 0.335 e. The standard InChI is InChI=1S/C16H26N6O.C8H8O2/c23-15-12-17-5-10-22(15)14-11-13(20-6-1-2-7-20)18-16(19-14)21-8-3-4-9-21;1-6-2-4-7(5-3-6)8(9)10/h11,15,17,23H,1-10,12H2;2-5H,1H3,(H,9,10). The Hall–Kier alpha value is -2.91. The molecule has 0 bridgehead atoms. The molecule has 0 radical (unpaired) electrons. The minimum absolute atomic E-state index is 0.339. The second-order valence-electron chi connectivity index (χ2n) is 8.82. The van der Waals surface area contributed by atoms with Crippen LogP contribution in [-0.2, 0) is 0 Å². The van der Waals surface area contributed by atoms with Gasteiger partial charge in [-0.1, -0.05) is 17.7 Å². The number of aromatic nitrogens is 2. The van der Waals surface area contributed by atoms with Gasteiger partial charge in [0.2, 0.25) is 5.95 Å². The normalized spacial score (nSPS) is 20.5. The summed E-state index contributed by atoms with van der Waals surface area (Å²) < 4.78 is 0. The number of rotatable bonds is 4. The number of hydrogen-bond acceptors (Lipinski definition) is 8. The zero-order valence-corrected chi connectivity index (χ0v) is 19.3. The fraction of sp³-hybridized carbons (Fsp3) is 0.542. The molecule has 3 N–H and O–H groups in total. The number of benzene rings is 1. The third kappa shape index (κ3) is 5.91. The van der Waals surface area contributed by atoms with Gasteiger partial charge in [0.05, 0.1) is 5.56 Å². The molecular formula is C24H34N6O3. The summed E-state index contributed by atoms with van der Waals surface area (Å²) in [7, 11) is 0. The molecule has 1 atom stereocenters. The Morgan fingerprint density at radius 3 is 2.15 bits per heavy atom. The van der Waals surface area contributed by atoms with Crippen LogP contribution in [0.4, 0.5) is 17.6 Å². The molecule has 9 nitrogen and oxygen atoms in total. The predicted molar refractivity (Wildman–Crippen MR) is 129 cm³/mol. The van der Waals surface area contributed by atoms with Crippen LogP contribution in [0.5, 0.6) is 0 Å². The van der Waals surface area contributed by atoms with Gasteiger partial charge in [0.15, 0.2) is 0 Å². The molecule has 4 heterocycles. The number of hydrogen-bond donors (Lipinski definition) is 3. The second kappa shape index (κ2) is 10.8. The van der Waals surface area contributed by atoms with Gasteiger partial charge in [-0.25, -0.2) is 4.79 Å². The van der Waals surface area contributed by atoms with Gasteiger partial charge in [0.1, 0.15) is 17.9 Å². The first-order chi connectivity index (χ1) is 16.0. The number of carboxylic acid groups (broad SMARTS) is 1. The zero-order valence-electron chi connectivity index (χ0n) is 19.3.